The maximum Gasteiger partial charge on any atom is 0.252 e. The molecule has 0 radical (unpaired) electrons. The Balaban J connectivity index is 2.91. The second-order valence-corrected chi connectivity index (χ2v) is 4.91. The molecule has 0 unspecified atom stereocenters. The second-order valence-electron chi connectivity index (χ2n) is 4.47. The topological polar surface area (TPSA) is 55.1 Å². The Bertz CT molecular complexity index is 436. The minimum absolute atomic E-state index is 0.133. The predicted molar refractivity (Wildman–Crippen MR) is 78.7 cm³/mol. The van der Waals surface area contributed by atoms with E-state index in [0.717, 1.165) is 5.56 Å². The van der Waals surface area contributed by atoms with E-state index >= 15 is 0 Å². The molecule has 0 heterocycles. The van der Waals surface area contributed by atoms with Crippen LogP contribution in [0.5, 0.6) is 0 Å². The molecule has 0 saturated heterocycles. The van der Waals surface area contributed by atoms with Crippen molar-refractivity contribution in [3.63, 3.8) is 0 Å². The average molecular weight is 264 g/mol. The summed E-state index contributed by atoms with van der Waals surface area (Å²) in [7, 11) is 0. The molecule has 0 bridgehead atoms. The molecule has 18 heavy (non-hydrogen) atoms. The van der Waals surface area contributed by atoms with Crippen LogP contribution in [-0.4, -0.2) is 16.4 Å². The molecule has 1 amide bonds. The third kappa shape index (κ3) is 3.07. The smallest absolute Gasteiger partial charge is 0.252 e. The lowest BCUT2D eigenvalue weighted by molar-refractivity contribution is 0.0920. The number of aryl methyl sites for hydroxylation is 1. The Hall–Kier alpha value is -1.42. The number of nitrogens with one attached hydrogen (secondary N) is 1. The molecule has 0 spiro atoms. The maximum atomic E-state index is 12.2. The number of rotatable bonds is 5. The van der Waals surface area contributed by atoms with Gasteiger partial charge in [-0.2, -0.15) is 0 Å². The normalized spacial score (nSPS) is 11.1. The summed E-state index contributed by atoms with van der Waals surface area (Å²) in [6.45, 7) is 5.93. The zero-order valence-electron chi connectivity index (χ0n) is 11.1. The van der Waals surface area contributed by atoms with Crippen LogP contribution in [0.4, 0.5) is 0 Å². The summed E-state index contributed by atoms with van der Waals surface area (Å²) in [4.78, 5) is 12.5. The highest BCUT2D eigenvalue weighted by Crippen LogP contribution is 2.17. The first kappa shape index (κ1) is 14.6. The van der Waals surface area contributed by atoms with Gasteiger partial charge in [-0.25, -0.2) is 0 Å². The van der Waals surface area contributed by atoms with E-state index in [4.69, 9.17) is 18.0 Å². The monoisotopic (exact) mass is 264 g/mol. The van der Waals surface area contributed by atoms with Crippen LogP contribution in [0.15, 0.2) is 24.3 Å². The minimum Gasteiger partial charge on any atom is -0.391 e. The number of nitrogens with two attached hydrogens (primary N) is 1. The SMILES string of the molecule is CCC(CC)(NC(=O)c1ccc(C)cc1)C(N)=S. The molecule has 1 aromatic rings. The van der Waals surface area contributed by atoms with Crippen molar-refractivity contribution in [2.24, 2.45) is 5.73 Å². The molecule has 98 valence electrons. The Morgan fingerprint density at radius 2 is 1.78 bits per heavy atom. The molecule has 1 aromatic carbocycles. The molecule has 0 fully saturated rings. The van der Waals surface area contributed by atoms with Crippen molar-refractivity contribution in [1.82, 2.24) is 5.32 Å². The van der Waals surface area contributed by atoms with Gasteiger partial charge >= 0.3 is 0 Å². The Labute approximate surface area is 114 Å². The van der Waals surface area contributed by atoms with E-state index in [1.807, 2.05) is 32.9 Å². The first-order chi connectivity index (χ1) is 8.45. The molecule has 0 aliphatic carbocycles. The number of carbonyl (C=O) groups is 1. The van der Waals surface area contributed by atoms with Crippen LogP contribution in [0.1, 0.15) is 42.6 Å². The quantitative estimate of drug-likeness (QED) is 0.804. The summed E-state index contributed by atoms with van der Waals surface area (Å²) in [5.41, 5.74) is 6.93. The lowest BCUT2D eigenvalue weighted by Crippen LogP contribution is -2.55. The zero-order chi connectivity index (χ0) is 13.8. The van der Waals surface area contributed by atoms with Crippen LogP contribution >= 0.6 is 12.2 Å². The Morgan fingerprint density at radius 3 is 2.17 bits per heavy atom. The highest BCUT2D eigenvalue weighted by atomic mass is 32.1. The number of thiocarbonyl (C=S) groups is 1. The van der Waals surface area contributed by atoms with Gasteiger partial charge in [0.2, 0.25) is 0 Å². The molecule has 0 aliphatic rings. The summed E-state index contributed by atoms with van der Waals surface area (Å²) in [6, 6.07) is 7.44. The first-order valence-electron chi connectivity index (χ1n) is 6.14. The summed E-state index contributed by atoms with van der Waals surface area (Å²) >= 11 is 5.08. The van der Waals surface area contributed by atoms with Gasteiger partial charge in [0.1, 0.15) is 0 Å². The van der Waals surface area contributed by atoms with E-state index in [2.05, 4.69) is 5.32 Å². The molecule has 4 heteroatoms. The van der Waals surface area contributed by atoms with Gasteiger partial charge in [-0.3, -0.25) is 4.79 Å². The van der Waals surface area contributed by atoms with Crippen molar-refractivity contribution in [2.45, 2.75) is 39.2 Å². The Morgan fingerprint density at radius 1 is 1.28 bits per heavy atom. The van der Waals surface area contributed by atoms with E-state index < -0.39 is 5.54 Å². The molecule has 3 N–H and O–H groups in total. The Kier molecular flexibility index (Phi) is 4.84. The van der Waals surface area contributed by atoms with Crippen LogP contribution in [0, 0.1) is 6.92 Å². The summed E-state index contributed by atoms with van der Waals surface area (Å²) in [5.74, 6) is -0.133. The number of amides is 1. The predicted octanol–water partition coefficient (Wildman–Crippen LogP) is 2.57. The molecule has 3 nitrogen and oxygen atoms in total. The number of hydrogen-bond acceptors (Lipinski definition) is 2. The molecule has 0 atom stereocenters. The standard InChI is InChI=1S/C14H20N2OS/c1-4-14(5-2,13(15)18)16-12(17)11-8-6-10(3)7-9-11/h6-9H,4-5H2,1-3H3,(H2,15,18)(H,16,17). The average Bonchev–Trinajstić information content (AvgIpc) is 2.36. The van der Waals surface area contributed by atoms with Crippen molar-refractivity contribution in [3.8, 4) is 0 Å². The van der Waals surface area contributed by atoms with Crippen molar-refractivity contribution in [1.29, 1.82) is 0 Å². The van der Waals surface area contributed by atoms with Crippen LogP contribution in [-0.2, 0) is 0 Å². The molecule has 1 rings (SSSR count). The lowest BCUT2D eigenvalue weighted by atomic mass is 9.92. The van der Waals surface area contributed by atoms with Gasteiger partial charge in [-0.1, -0.05) is 43.8 Å². The molecular formula is C14H20N2OS. The fraction of sp³-hybridized carbons (Fsp3) is 0.429. The second kappa shape index (κ2) is 5.96. The van der Waals surface area contributed by atoms with Crippen molar-refractivity contribution in [3.05, 3.63) is 35.4 Å². The lowest BCUT2D eigenvalue weighted by Gasteiger charge is -2.31. The summed E-state index contributed by atoms with van der Waals surface area (Å²) < 4.78 is 0. The number of carbonyl (C=O) groups excluding carboxylic acids is 1. The van der Waals surface area contributed by atoms with Gasteiger partial charge in [0, 0.05) is 5.56 Å². The van der Waals surface area contributed by atoms with Crippen molar-refractivity contribution >= 4 is 23.1 Å². The van der Waals surface area contributed by atoms with Gasteiger partial charge in [0.15, 0.2) is 0 Å². The molecule has 0 aromatic heterocycles. The third-order valence-corrected chi connectivity index (χ3v) is 3.74. The number of hydrogen-bond donors (Lipinski definition) is 2. The van der Waals surface area contributed by atoms with Crippen molar-refractivity contribution in [2.75, 3.05) is 0 Å². The van der Waals surface area contributed by atoms with Gasteiger partial charge in [-0.15, -0.1) is 0 Å². The van der Waals surface area contributed by atoms with Crippen LogP contribution < -0.4 is 11.1 Å². The third-order valence-electron chi connectivity index (χ3n) is 3.35. The van der Waals surface area contributed by atoms with E-state index in [1.165, 1.54) is 0 Å². The highest BCUT2D eigenvalue weighted by molar-refractivity contribution is 7.80. The maximum absolute atomic E-state index is 12.2. The van der Waals surface area contributed by atoms with Crippen LogP contribution in [0.2, 0.25) is 0 Å². The van der Waals surface area contributed by atoms with E-state index in [1.54, 1.807) is 12.1 Å². The van der Waals surface area contributed by atoms with Gasteiger partial charge in [0.25, 0.3) is 5.91 Å². The van der Waals surface area contributed by atoms with Crippen LogP contribution in [0.25, 0.3) is 0 Å². The first-order valence-corrected chi connectivity index (χ1v) is 6.55. The van der Waals surface area contributed by atoms with Gasteiger partial charge in [-0.05, 0) is 31.9 Å². The van der Waals surface area contributed by atoms with Crippen molar-refractivity contribution < 1.29 is 4.79 Å². The van der Waals surface area contributed by atoms with Gasteiger partial charge in [0.05, 0.1) is 10.5 Å². The van der Waals surface area contributed by atoms with Gasteiger partial charge < -0.3 is 11.1 Å². The summed E-state index contributed by atoms with van der Waals surface area (Å²) in [5, 5.41) is 2.96. The highest BCUT2D eigenvalue weighted by Gasteiger charge is 2.31. The molecule has 0 saturated carbocycles. The van der Waals surface area contributed by atoms with E-state index in [0.29, 0.717) is 23.4 Å². The van der Waals surface area contributed by atoms with E-state index in [9.17, 15) is 4.79 Å². The molecular weight excluding hydrogens is 244 g/mol. The van der Waals surface area contributed by atoms with E-state index in [-0.39, 0.29) is 5.91 Å². The zero-order valence-corrected chi connectivity index (χ0v) is 11.9. The van der Waals surface area contributed by atoms with Crippen LogP contribution in [0.3, 0.4) is 0 Å². The summed E-state index contributed by atoms with van der Waals surface area (Å²) in [6.07, 6.45) is 1.38. The fourth-order valence-corrected chi connectivity index (χ4v) is 2.17. The minimum atomic E-state index is -0.586. The fourth-order valence-electron chi connectivity index (χ4n) is 1.83. The number of benzene rings is 1. The molecule has 0 aliphatic heterocycles. The largest absolute Gasteiger partial charge is 0.391 e.